The topological polar surface area (TPSA) is 118 Å². The minimum Gasteiger partial charge on any atom is -0.388 e. The first-order valence-electron chi connectivity index (χ1n) is 14.1. The molecule has 234 valence electrons. The van der Waals surface area contributed by atoms with E-state index < -0.39 is 59.2 Å². The Morgan fingerprint density at radius 1 is 0.600 bits per heavy atom. The van der Waals surface area contributed by atoms with E-state index in [2.05, 4.69) is 0 Å². The van der Waals surface area contributed by atoms with Gasteiger partial charge in [-0.15, -0.1) is 0 Å². The molecule has 0 saturated heterocycles. The van der Waals surface area contributed by atoms with Crippen molar-refractivity contribution in [3.05, 3.63) is 35.9 Å². The van der Waals surface area contributed by atoms with Gasteiger partial charge in [0, 0.05) is 0 Å². The largest absolute Gasteiger partial charge is 0.388 e. The summed E-state index contributed by atoms with van der Waals surface area (Å²) in [5.74, 6) is -5.82. The maximum absolute atomic E-state index is 12.5. The lowest BCUT2D eigenvalue weighted by molar-refractivity contribution is -0.443. The summed E-state index contributed by atoms with van der Waals surface area (Å²) < 4.78 is 24.9. The smallest absolute Gasteiger partial charge is 0.269 e. The van der Waals surface area contributed by atoms with Crippen LogP contribution in [0.4, 0.5) is 0 Å². The Bertz CT molecular complexity index is 951. The summed E-state index contributed by atoms with van der Waals surface area (Å²) in [6, 6.07) is 9.15. The minimum absolute atomic E-state index is 0.0828. The molecule has 0 heterocycles. The van der Waals surface area contributed by atoms with E-state index in [9.17, 15) is 20.4 Å². The molecule has 40 heavy (non-hydrogen) atoms. The molecule has 4 atom stereocenters. The van der Waals surface area contributed by atoms with Crippen LogP contribution in [-0.4, -0.2) is 69.5 Å². The normalized spacial score (nSPS) is 19.1. The molecule has 0 saturated carbocycles. The van der Waals surface area contributed by atoms with Crippen molar-refractivity contribution < 1.29 is 38.4 Å². The maximum atomic E-state index is 12.5. The highest BCUT2D eigenvalue weighted by molar-refractivity contribution is 6.75. The van der Waals surface area contributed by atoms with Crippen LogP contribution in [0, 0.1) is 0 Å². The van der Waals surface area contributed by atoms with Crippen LogP contribution in [0.3, 0.4) is 0 Å². The van der Waals surface area contributed by atoms with E-state index in [4.69, 9.17) is 18.0 Å². The summed E-state index contributed by atoms with van der Waals surface area (Å²) in [4.78, 5) is 0. The molecule has 1 aromatic rings. The van der Waals surface area contributed by atoms with Crippen molar-refractivity contribution in [1.82, 2.24) is 0 Å². The van der Waals surface area contributed by atoms with E-state index in [1.165, 1.54) is 0 Å². The molecule has 0 aliphatic heterocycles. The molecule has 0 aliphatic rings. The minimum atomic E-state index is -2.95. The number of benzene rings is 1. The molecule has 8 nitrogen and oxygen atoms in total. The lowest BCUT2D eigenvalue weighted by Crippen LogP contribution is -2.76. The van der Waals surface area contributed by atoms with E-state index in [1.807, 2.05) is 132 Å². The van der Waals surface area contributed by atoms with Crippen molar-refractivity contribution in [2.24, 2.45) is 0 Å². The lowest BCUT2D eigenvalue weighted by Gasteiger charge is -2.55. The van der Waals surface area contributed by atoms with Crippen LogP contribution in [0.5, 0.6) is 0 Å². The zero-order valence-corrected chi connectivity index (χ0v) is 30.7. The molecule has 0 amide bonds. The standard InChI is InChI=1S/C29H58O8Si3/c1-25(2,3)38(10,11)35-24(31)29(33,37-40(14,15)27(7,8)9)28(32,36-39(12,13)26(4,5)6)23(30)34-21-22-19-17-16-18-20-22/h16-20,23-24,30-33H,21H2,1-15H3/t23?,24?,28-,29-/m1/s1. The van der Waals surface area contributed by atoms with Crippen molar-refractivity contribution >= 4 is 25.0 Å². The molecular weight excluding hydrogens is 561 g/mol. The molecule has 1 aromatic carbocycles. The van der Waals surface area contributed by atoms with E-state index in [0.717, 1.165) is 5.56 Å². The predicted molar refractivity (Wildman–Crippen MR) is 168 cm³/mol. The first-order valence-corrected chi connectivity index (χ1v) is 22.8. The summed E-state index contributed by atoms with van der Waals surface area (Å²) in [7, 11) is -8.64. The summed E-state index contributed by atoms with van der Waals surface area (Å²) in [5.41, 5.74) is 0.739. The maximum Gasteiger partial charge on any atom is 0.269 e. The van der Waals surface area contributed by atoms with Crippen LogP contribution in [-0.2, 0) is 24.6 Å². The van der Waals surface area contributed by atoms with Crippen LogP contribution in [0.1, 0.15) is 67.9 Å². The first kappa shape index (κ1) is 37.6. The Kier molecular flexibility index (Phi) is 11.5. The van der Waals surface area contributed by atoms with Crippen LogP contribution in [0.2, 0.25) is 54.4 Å². The van der Waals surface area contributed by atoms with Gasteiger partial charge in [0.05, 0.1) is 6.61 Å². The summed E-state index contributed by atoms with van der Waals surface area (Å²) in [5, 5.41) is 47.0. The van der Waals surface area contributed by atoms with E-state index in [-0.39, 0.29) is 11.6 Å². The van der Waals surface area contributed by atoms with Crippen LogP contribution < -0.4 is 0 Å². The number of hydrogen-bond acceptors (Lipinski definition) is 8. The fraction of sp³-hybridized carbons (Fsp3) is 0.793. The molecule has 0 bridgehead atoms. The Balaban J connectivity index is 3.86. The van der Waals surface area contributed by atoms with Crippen LogP contribution >= 0.6 is 0 Å². The molecule has 2 unspecified atom stereocenters. The van der Waals surface area contributed by atoms with Gasteiger partial charge in [0.15, 0.2) is 25.0 Å². The van der Waals surface area contributed by atoms with Crippen molar-refractivity contribution in [1.29, 1.82) is 0 Å². The summed E-state index contributed by atoms with van der Waals surface area (Å²) in [6.45, 7) is 29.0. The molecule has 0 aromatic heterocycles. The van der Waals surface area contributed by atoms with Crippen LogP contribution in [0.15, 0.2) is 30.3 Å². The molecule has 0 fully saturated rings. The van der Waals surface area contributed by atoms with Gasteiger partial charge in [-0.25, -0.2) is 0 Å². The SMILES string of the molecule is CC(C)(C)[Si](C)(C)OC(O)[C@@](O)(O[Si](C)(C)C(C)(C)C)[C@](O)(O[Si](C)(C)C(C)(C)C)C(O)OCc1ccccc1. The average molecular weight is 619 g/mol. The second kappa shape index (κ2) is 12.3. The second-order valence-electron chi connectivity index (χ2n) is 15.5. The Morgan fingerprint density at radius 2 is 0.950 bits per heavy atom. The van der Waals surface area contributed by atoms with E-state index in [0.29, 0.717) is 0 Å². The third kappa shape index (κ3) is 8.34. The van der Waals surface area contributed by atoms with Gasteiger partial charge >= 0.3 is 0 Å². The molecule has 1 rings (SSSR count). The van der Waals surface area contributed by atoms with Crippen LogP contribution in [0.25, 0.3) is 0 Å². The number of aliphatic hydroxyl groups is 4. The molecule has 4 N–H and O–H groups in total. The number of hydrogen-bond donors (Lipinski definition) is 4. The van der Waals surface area contributed by atoms with Gasteiger partial charge in [-0.05, 0) is 60.0 Å². The predicted octanol–water partition coefficient (Wildman–Crippen LogP) is 6.28. The zero-order valence-electron chi connectivity index (χ0n) is 27.7. The van der Waals surface area contributed by atoms with Gasteiger partial charge in [-0.3, -0.25) is 0 Å². The highest BCUT2D eigenvalue weighted by atomic mass is 28.4. The lowest BCUT2D eigenvalue weighted by atomic mass is 10.1. The van der Waals surface area contributed by atoms with Crippen molar-refractivity contribution in [2.45, 2.75) is 147 Å². The first-order chi connectivity index (χ1) is 17.5. The van der Waals surface area contributed by atoms with Gasteiger partial charge in [-0.2, -0.15) is 0 Å². The average Bonchev–Trinajstić information content (AvgIpc) is 2.74. The Hall–Kier alpha value is -0.449. The molecular formula is C29H58O8Si3. The van der Waals surface area contributed by atoms with E-state index in [1.54, 1.807) is 0 Å². The monoisotopic (exact) mass is 618 g/mol. The number of ether oxygens (including phenoxy) is 1. The third-order valence-corrected chi connectivity index (χ3v) is 22.4. The fourth-order valence-electron chi connectivity index (χ4n) is 3.08. The van der Waals surface area contributed by atoms with Crippen molar-refractivity contribution in [3.8, 4) is 0 Å². The highest BCUT2D eigenvalue weighted by Crippen LogP contribution is 2.48. The Morgan fingerprint density at radius 3 is 1.30 bits per heavy atom. The van der Waals surface area contributed by atoms with Gasteiger partial charge in [0.1, 0.15) is 0 Å². The molecule has 0 aliphatic carbocycles. The number of aliphatic hydroxyl groups excluding tert-OH is 2. The van der Waals surface area contributed by atoms with Gasteiger partial charge < -0.3 is 38.4 Å². The van der Waals surface area contributed by atoms with Gasteiger partial charge in [0.2, 0.25) is 12.6 Å². The van der Waals surface area contributed by atoms with E-state index >= 15 is 0 Å². The van der Waals surface area contributed by atoms with Gasteiger partial charge in [-0.1, -0.05) is 92.6 Å². The zero-order chi connectivity index (χ0) is 31.8. The molecule has 0 radical (unpaired) electrons. The fourth-order valence-corrected chi connectivity index (χ4v) is 6.82. The van der Waals surface area contributed by atoms with Crippen molar-refractivity contribution in [2.75, 3.05) is 0 Å². The molecule has 0 spiro atoms. The third-order valence-electron chi connectivity index (χ3n) is 9.08. The van der Waals surface area contributed by atoms with Crippen molar-refractivity contribution in [3.63, 3.8) is 0 Å². The highest BCUT2D eigenvalue weighted by Gasteiger charge is 2.68. The quantitative estimate of drug-likeness (QED) is 0.160. The van der Waals surface area contributed by atoms with Gasteiger partial charge in [0.25, 0.3) is 11.6 Å². The second-order valence-corrected chi connectivity index (χ2v) is 29.7. The number of rotatable bonds is 12. The summed E-state index contributed by atoms with van der Waals surface area (Å²) >= 11 is 0. The molecule has 11 heteroatoms. The summed E-state index contributed by atoms with van der Waals surface area (Å²) in [6.07, 6.45) is -4.17. The Labute approximate surface area is 246 Å².